The van der Waals surface area contributed by atoms with Crippen LogP contribution >= 0.6 is 0 Å². The maximum absolute atomic E-state index is 12.1. The molecule has 22 heavy (non-hydrogen) atoms. The van der Waals surface area contributed by atoms with E-state index in [1.165, 1.54) is 6.07 Å². The monoisotopic (exact) mass is 318 g/mol. The van der Waals surface area contributed by atoms with Crippen molar-refractivity contribution in [3.63, 3.8) is 0 Å². The summed E-state index contributed by atoms with van der Waals surface area (Å²) in [7, 11) is 1.59. The average Bonchev–Trinajstić information content (AvgIpc) is 2.72. The lowest BCUT2D eigenvalue weighted by molar-refractivity contribution is -0.791. The predicted octanol–water partition coefficient (Wildman–Crippen LogP) is -0.314. The topological polar surface area (TPSA) is 74.7 Å². The summed E-state index contributed by atoms with van der Waals surface area (Å²) in [5.41, 5.74) is 0.0775. The van der Waals surface area contributed by atoms with Crippen LogP contribution in [0.15, 0.2) is 18.3 Å². The van der Waals surface area contributed by atoms with Gasteiger partial charge < -0.3 is 18.4 Å². The van der Waals surface area contributed by atoms with E-state index in [0.29, 0.717) is 0 Å². The van der Waals surface area contributed by atoms with Crippen molar-refractivity contribution in [1.29, 1.82) is 0 Å². The number of fused-ring (bicyclic) bond motifs is 1. The van der Waals surface area contributed by atoms with E-state index in [9.17, 15) is 22.8 Å². The number of carbonyl (C=O) groups excluding carboxylic acids is 2. The van der Waals surface area contributed by atoms with Gasteiger partial charge in [0.25, 0.3) is 0 Å². The largest absolute Gasteiger partial charge is 0.632 e. The number of hydrogen-bond acceptors (Lipinski definition) is 6. The number of aromatic nitrogens is 1. The van der Waals surface area contributed by atoms with Gasteiger partial charge in [-0.1, -0.05) is 6.07 Å². The van der Waals surface area contributed by atoms with E-state index in [0.717, 1.165) is 12.3 Å². The van der Waals surface area contributed by atoms with Crippen molar-refractivity contribution >= 4 is 24.2 Å². The number of likely N-dealkylation sites (N-methyl/N-ethyl adjacent to an activating group) is 1. The highest BCUT2D eigenvalue weighted by Gasteiger charge is 2.67. The fraction of sp³-hybridized carbons (Fsp3) is 0.364. The van der Waals surface area contributed by atoms with Crippen molar-refractivity contribution in [3.05, 3.63) is 18.3 Å². The molecule has 118 valence electrons. The highest BCUT2D eigenvalue weighted by Crippen LogP contribution is 2.33. The number of rotatable bonds is 2. The summed E-state index contributed by atoms with van der Waals surface area (Å²) in [5.74, 6) is -1.65. The van der Waals surface area contributed by atoms with Crippen LogP contribution < -0.4 is 10.3 Å². The second kappa shape index (κ2) is 4.35. The number of nitrogens with zero attached hydrogens (tertiary/aromatic N) is 2. The third kappa shape index (κ3) is 2.17. The number of carbonyl (C=O) groups is 2. The number of ether oxygens (including phenoxy) is 1. The Morgan fingerprint density at radius 3 is 2.27 bits per heavy atom. The summed E-state index contributed by atoms with van der Waals surface area (Å²) in [6.45, 7) is -2.70. The molecule has 0 atom stereocenters. The zero-order valence-corrected chi connectivity index (χ0v) is 11.3. The second-order valence-corrected chi connectivity index (χ2v) is 5.41. The highest BCUT2D eigenvalue weighted by molar-refractivity contribution is 6.78. The van der Waals surface area contributed by atoms with Gasteiger partial charge in [0.1, 0.15) is 18.8 Å². The molecular formula is C11H10BF3N2O5. The van der Waals surface area contributed by atoms with Gasteiger partial charge >= 0.3 is 25.0 Å². The number of alkyl halides is 3. The summed E-state index contributed by atoms with van der Waals surface area (Å²) in [6, 6.07) is 2.21. The Kier molecular flexibility index (Phi) is 2.89. The molecule has 3 heterocycles. The van der Waals surface area contributed by atoms with E-state index in [-0.39, 0.29) is 23.1 Å². The molecule has 3 rings (SSSR count). The molecular weight excluding hydrogens is 308 g/mol. The fourth-order valence-corrected chi connectivity index (χ4v) is 2.84. The number of quaternary nitrogens is 1. The van der Waals surface area contributed by atoms with Gasteiger partial charge in [0, 0.05) is 12.6 Å². The number of hydrogen-bond donors (Lipinski definition) is 0. The van der Waals surface area contributed by atoms with Crippen LogP contribution in [0.2, 0.25) is 0 Å². The van der Waals surface area contributed by atoms with Gasteiger partial charge in [-0.25, -0.2) is 0 Å². The Morgan fingerprint density at radius 2 is 1.82 bits per heavy atom. The molecule has 2 fully saturated rings. The molecule has 11 heteroatoms. The van der Waals surface area contributed by atoms with Crippen LogP contribution in [0.25, 0.3) is 0 Å². The highest BCUT2D eigenvalue weighted by atomic mass is 19.4. The van der Waals surface area contributed by atoms with Gasteiger partial charge in [-0.15, -0.1) is 13.2 Å². The van der Waals surface area contributed by atoms with Gasteiger partial charge in [0.05, 0.1) is 6.20 Å². The van der Waals surface area contributed by atoms with Crippen LogP contribution in [0.5, 0.6) is 5.75 Å². The summed E-state index contributed by atoms with van der Waals surface area (Å²) < 4.78 is 50.4. The third-order valence-corrected chi connectivity index (χ3v) is 3.75. The Hall–Kier alpha value is -2.30. The molecule has 0 amide bonds. The van der Waals surface area contributed by atoms with Crippen LogP contribution in [0.3, 0.4) is 0 Å². The normalized spacial score (nSPS) is 30.7. The fourth-order valence-electron chi connectivity index (χ4n) is 2.84. The van der Waals surface area contributed by atoms with Gasteiger partial charge in [0.2, 0.25) is 0 Å². The zero-order valence-electron chi connectivity index (χ0n) is 11.3. The van der Waals surface area contributed by atoms with E-state index in [4.69, 9.17) is 9.31 Å². The molecule has 0 unspecified atom stereocenters. The zero-order chi connectivity index (χ0) is 16.2. The number of halogens is 3. The van der Waals surface area contributed by atoms with Crippen molar-refractivity contribution in [2.75, 3.05) is 20.1 Å². The molecule has 1 aromatic rings. The predicted molar refractivity (Wildman–Crippen MR) is 64.4 cm³/mol. The second-order valence-electron chi connectivity index (χ2n) is 5.41. The molecule has 0 aliphatic carbocycles. The van der Waals surface area contributed by atoms with Gasteiger partial charge in [-0.3, -0.25) is 14.6 Å². The summed E-state index contributed by atoms with van der Waals surface area (Å²) in [4.78, 5) is 27.0. The van der Waals surface area contributed by atoms with Crippen LogP contribution in [0, 0.1) is 0 Å². The Labute approximate surface area is 122 Å². The van der Waals surface area contributed by atoms with E-state index < -0.39 is 30.7 Å². The van der Waals surface area contributed by atoms with E-state index in [2.05, 4.69) is 9.72 Å². The first-order valence-corrected chi connectivity index (χ1v) is 6.28. The molecule has 0 bridgehead atoms. The van der Waals surface area contributed by atoms with Crippen LogP contribution in [0.4, 0.5) is 13.2 Å². The number of pyridine rings is 1. The maximum Gasteiger partial charge on any atom is 0.632 e. The van der Waals surface area contributed by atoms with E-state index >= 15 is 0 Å². The van der Waals surface area contributed by atoms with Gasteiger partial charge in [-0.2, -0.15) is 0 Å². The molecule has 7 nitrogen and oxygen atoms in total. The van der Waals surface area contributed by atoms with Gasteiger partial charge in [0.15, 0.2) is 0 Å². The SMILES string of the molecule is C[N+]12CC(=O)O[B-]1(c1ccc(OC(F)(F)F)cn1)OC(=O)C2. The summed E-state index contributed by atoms with van der Waals surface area (Å²) in [5, 5.41) is 0. The molecule has 1 aromatic heterocycles. The molecule has 2 aliphatic rings. The van der Waals surface area contributed by atoms with Crippen molar-refractivity contribution in [2.45, 2.75) is 6.36 Å². The molecule has 2 aliphatic heterocycles. The smallest absolute Gasteiger partial charge is 0.595 e. The van der Waals surface area contributed by atoms with Crippen LogP contribution in [-0.2, 0) is 18.9 Å². The average molecular weight is 318 g/mol. The lowest BCUT2D eigenvalue weighted by atomic mass is 9.64. The molecule has 0 aromatic carbocycles. The molecule has 0 spiro atoms. The standard InChI is InChI=1S/C11H10BF3N2O5/c1-17-5-9(18)21-12(17,22-10(19)6-17)8-3-2-7(4-16-8)20-11(13,14)15/h2-4H,5-6H2,1H3. The van der Waals surface area contributed by atoms with Gasteiger partial charge in [-0.05, 0) is 6.07 Å². The Balaban J connectivity index is 1.95. The van der Waals surface area contributed by atoms with E-state index in [1.807, 2.05) is 0 Å². The molecule has 0 radical (unpaired) electrons. The Morgan fingerprint density at radius 1 is 1.23 bits per heavy atom. The molecule has 2 saturated heterocycles. The maximum atomic E-state index is 12.1. The minimum absolute atomic E-state index is 0.0752. The lowest BCUT2D eigenvalue weighted by Crippen LogP contribution is -2.68. The van der Waals surface area contributed by atoms with Crippen molar-refractivity contribution in [3.8, 4) is 5.75 Å². The minimum atomic E-state index is -4.84. The molecule has 0 saturated carbocycles. The molecule has 0 N–H and O–H groups in total. The Bertz CT molecular complexity index is 628. The van der Waals surface area contributed by atoms with Crippen LogP contribution in [-0.4, -0.2) is 54.5 Å². The first kappa shape index (κ1) is 14.6. The summed E-state index contributed by atoms with van der Waals surface area (Å²) >= 11 is 0. The van der Waals surface area contributed by atoms with Crippen LogP contribution in [0.1, 0.15) is 0 Å². The third-order valence-electron chi connectivity index (χ3n) is 3.75. The lowest BCUT2D eigenvalue weighted by Gasteiger charge is -2.39. The van der Waals surface area contributed by atoms with Crippen molar-refractivity contribution < 1.29 is 41.2 Å². The summed E-state index contributed by atoms with van der Waals surface area (Å²) in [6.07, 6.45) is -4.00. The first-order chi connectivity index (χ1) is 10.1. The minimum Gasteiger partial charge on any atom is -0.595 e. The van der Waals surface area contributed by atoms with Crippen molar-refractivity contribution in [1.82, 2.24) is 4.98 Å². The first-order valence-electron chi connectivity index (χ1n) is 6.28. The van der Waals surface area contributed by atoms with Crippen molar-refractivity contribution in [2.24, 2.45) is 0 Å². The quantitative estimate of drug-likeness (QED) is 0.696. The van der Waals surface area contributed by atoms with E-state index in [1.54, 1.807) is 7.05 Å².